The SMILES string of the molecule is CCCCCCCCCOC(C=CCCCCCCCCCCCC(OC)OC)OC(C=CCCCCCCCCCCCC(OC)OC)OCCCCCCCCC. The van der Waals surface area contributed by atoms with E-state index in [-0.39, 0.29) is 25.2 Å². The van der Waals surface area contributed by atoms with Gasteiger partial charge in [0.1, 0.15) is 0 Å². The summed E-state index contributed by atoms with van der Waals surface area (Å²) < 4.78 is 40.6. The van der Waals surface area contributed by atoms with E-state index in [0.717, 1.165) is 51.7 Å². The molecule has 0 aromatic rings. The summed E-state index contributed by atoms with van der Waals surface area (Å²) in [6.07, 6.45) is 53.3. The maximum Gasteiger partial charge on any atom is 0.180 e. The molecule has 352 valence electrons. The van der Waals surface area contributed by atoms with Crippen LogP contribution in [0.2, 0.25) is 0 Å². The second kappa shape index (κ2) is 49.9. The molecule has 2 unspecified atom stereocenters. The monoisotopic (exact) mass is 839 g/mol. The molecule has 7 nitrogen and oxygen atoms in total. The van der Waals surface area contributed by atoms with E-state index in [1.54, 1.807) is 28.4 Å². The van der Waals surface area contributed by atoms with E-state index in [4.69, 9.17) is 33.2 Å². The molecule has 0 heterocycles. The Bertz CT molecular complexity index is 762. The molecule has 0 aliphatic rings. The lowest BCUT2D eigenvalue weighted by atomic mass is 10.1. The maximum absolute atomic E-state index is 6.58. The van der Waals surface area contributed by atoms with Crippen molar-refractivity contribution >= 4 is 0 Å². The van der Waals surface area contributed by atoms with E-state index in [1.165, 1.54) is 193 Å². The average Bonchev–Trinajstić information content (AvgIpc) is 3.25. The van der Waals surface area contributed by atoms with E-state index in [1.807, 2.05) is 0 Å². The van der Waals surface area contributed by atoms with Crippen LogP contribution in [0.3, 0.4) is 0 Å². The van der Waals surface area contributed by atoms with Crippen molar-refractivity contribution in [3.8, 4) is 0 Å². The van der Waals surface area contributed by atoms with Crippen LogP contribution in [0.1, 0.15) is 245 Å². The minimum absolute atomic E-state index is 0.0437. The molecule has 0 aromatic heterocycles. The highest BCUT2D eigenvalue weighted by Crippen LogP contribution is 2.17. The summed E-state index contributed by atoms with van der Waals surface area (Å²) in [4.78, 5) is 0. The van der Waals surface area contributed by atoms with Crippen LogP contribution in [-0.4, -0.2) is 66.8 Å². The summed E-state index contributed by atoms with van der Waals surface area (Å²) in [5.41, 5.74) is 0. The first-order valence-corrected chi connectivity index (χ1v) is 25.5. The lowest BCUT2D eigenvalue weighted by Gasteiger charge is -2.22. The zero-order valence-electron chi connectivity index (χ0n) is 40.3. The van der Waals surface area contributed by atoms with Crippen LogP contribution < -0.4 is 0 Å². The predicted octanol–water partition coefficient (Wildman–Crippen LogP) is 16.1. The number of unbranched alkanes of at least 4 members (excludes halogenated alkanes) is 30. The summed E-state index contributed by atoms with van der Waals surface area (Å²) in [5, 5.41) is 0. The largest absolute Gasteiger partial charge is 0.356 e. The van der Waals surface area contributed by atoms with Gasteiger partial charge in [0.05, 0.1) is 13.2 Å². The van der Waals surface area contributed by atoms with Crippen molar-refractivity contribution in [2.24, 2.45) is 0 Å². The highest BCUT2D eigenvalue weighted by Gasteiger charge is 2.14. The molecule has 59 heavy (non-hydrogen) atoms. The van der Waals surface area contributed by atoms with Gasteiger partial charge in [-0.3, -0.25) is 0 Å². The Morgan fingerprint density at radius 2 is 0.593 bits per heavy atom. The smallest absolute Gasteiger partial charge is 0.180 e. The summed E-state index contributed by atoms with van der Waals surface area (Å²) in [5.74, 6) is 0. The molecule has 0 radical (unpaired) electrons. The number of methoxy groups -OCH3 is 4. The first kappa shape index (κ1) is 58.2. The Morgan fingerprint density at radius 1 is 0.322 bits per heavy atom. The first-order valence-electron chi connectivity index (χ1n) is 25.5. The van der Waals surface area contributed by atoms with Gasteiger partial charge in [0.2, 0.25) is 0 Å². The van der Waals surface area contributed by atoms with Crippen LogP contribution >= 0.6 is 0 Å². The van der Waals surface area contributed by atoms with E-state index in [2.05, 4.69) is 38.2 Å². The van der Waals surface area contributed by atoms with Gasteiger partial charge in [-0.05, 0) is 76.4 Å². The van der Waals surface area contributed by atoms with Gasteiger partial charge in [0.15, 0.2) is 25.2 Å². The third-order valence-corrected chi connectivity index (χ3v) is 11.6. The first-order chi connectivity index (χ1) is 29.1. The molecule has 0 N–H and O–H groups in total. The van der Waals surface area contributed by atoms with Crippen LogP contribution in [0.4, 0.5) is 0 Å². The molecule has 0 rings (SSSR count). The predicted molar refractivity (Wildman–Crippen MR) is 252 cm³/mol. The maximum atomic E-state index is 6.58. The minimum Gasteiger partial charge on any atom is -0.356 e. The molecular weight excluding hydrogens is 737 g/mol. The third-order valence-electron chi connectivity index (χ3n) is 11.6. The van der Waals surface area contributed by atoms with Crippen molar-refractivity contribution in [3.63, 3.8) is 0 Å². The van der Waals surface area contributed by atoms with Gasteiger partial charge in [0, 0.05) is 28.4 Å². The zero-order valence-corrected chi connectivity index (χ0v) is 40.3. The molecule has 0 saturated carbocycles. The van der Waals surface area contributed by atoms with Crippen molar-refractivity contribution in [2.45, 2.75) is 270 Å². The van der Waals surface area contributed by atoms with Crippen molar-refractivity contribution < 1.29 is 33.2 Å². The Labute approximate surface area is 368 Å². The van der Waals surface area contributed by atoms with Gasteiger partial charge in [-0.25, -0.2) is 0 Å². The fourth-order valence-electron chi connectivity index (χ4n) is 7.63. The number of rotatable bonds is 50. The molecular formula is C52H102O7. The van der Waals surface area contributed by atoms with Gasteiger partial charge >= 0.3 is 0 Å². The van der Waals surface area contributed by atoms with Crippen molar-refractivity contribution in [1.82, 2.24) is 0 Å². The lowest BCUT2D eigenvalue weighted by molar-refractivity contribution is -0.208. The molecule has 7 heteroatoms. The highest BCUT2D eigenvalue weighted by molar-refractivity contribution is 4.90. The summed E-state index contributed by atoms with van der Waals surface area (Å²) in [7, 11) is 6.90. The van der Waals surface area contributed by atoms with E-state index >= 15 is 0 Å². The third kappa shape index (κ3) is 43.6. The number of hydrogen-bond acceptors (Lipinski definition) is 7. The van der Waals surface area contributed by atoms with Gasteiger partial charge in [0.25, 0.3) is 0 Å². The molecule has 0 bridgehead atoms. The van der Waals surface area contributed by atoms with E-state index in [9.17, 15) is 0 Å². The van der Waals surface area contributed by atoms with Crippen LogP contribution in [0.5, 0.6) is 0 Å². The molecule has 2 atom stereocenters. The van der Waals surface area contributed by atoms with Crippen LogP contribution in [0.25, 0.3) is 0 Å². The van der Waals surface area contributed by atoms with Gasteiger partial charge in [-0.2, -0.15) is 0 Å². The summed E-state index contributed by atoms with van der Waals surface area (Å²) in [6.45, 7) is 6.03. The second-order valence-corrected chi connectivity index (χ2v) is 17.0. The lowest BCUT2D eigenvalue weighted by Crippen LogP contribution is -2.25. The molecule has 0 aliphatic heterocycles. The Kier molecular flexibility index (Phi) is 49.2. The van der Waals surface area contributed by atoms with Gasteiger partial charge in [-0.15, -0.1) is 0 Å². The Morgan fingerprint density at radius 3 is 0.898 bits per heavy atom. The quantitative estimate of drug-likeness (QED) is 0.0343. The number of ether oxygens (including phenoxy) is 7. The summed E-state index contributed by atoms with van der Waals surface area (Å²) in [6, 6.07) is 0. The minimum atomic E-state index is -0.372. The molecule has 0 aliphatic carbocycles. The Hall–Kier alpha value is -0.800. The van der Waals surface area contributed by atoms with Gasteiger partial charge < -0.3 is 33.2 Å². The van der Waals surface area contributed by atoms with E-state index in [0.29, 0.717) is 0 Å². The van der Waals surface area contributed by atoms with Crippen molar-refractivity contribution in [2.75, 3.05) is 41.7 Å². The number of hydrogen-bond donors (Lipinski definition) is 0. The molecule has 0 amide bonds. The normalized spacial score (nSPS) is 13.3. The zero-order chi connectivity index (χ0) is 43.0. The van der Waals surface area contributed by atoms with Gasteiger partial charge in [-0.1, -0.05) is 193 Å². The standard InChI is InChI=1S/C52H102O7/c1-7-9-11-13-29-35-41-47-57-51(45-39-33-27-23-19-15-17-21-25-31-37-43-49(53-3)54-4)59-52(58-48-42-36-30-14-12-10-8-2)46-40-34-28-24-20-16-18-22-26-32-38-44-50(55-5)56-6/h39-40,45-46,49-52H,7-38,41-44,47-48H2,1-6H3. The topological polar surface area (TPSA) is 64.6 Å². The number of allylic oxidation sites excluding steroid dienone is 2. The average molecular weight is 839 g/mol. The fourth-order valence-corrected chi connectivity index (χ4v) is 7.63. The Balaban J connectivity index is 4.83. The second-order valence-electron chi connectivity index (χ2n) is 17.0. The van der Waals surface area contributed by atoms with Crippen molar-refractivity contribution in [1.29, 1.82) is 0 Å². The van der Waals surface area contributed by atoms with E-state index < -0.39 is 0 Å². The van der Waals surface area contributed by atoms with Crippen LogP contribution in [0, 0.1) is 0 Å². The van der Waals surface area contributed by atoms with Crippen LogP contribution in [-0.2, 0) is 33.2 Å². The molecule has 0 fully saturated rings. The molecule has 0 saturated heterocycles. The fraction of sp³-hybridized carbons (Fsp3) is 0.923. The van der Waals surface area contributed by atoms with Crippen molar-refractivity contribution in [3.05, 3.63) is 24.3 Å². The van der Waals surface area contributed by atoms with Crippen LogP contribution in [0.15, 0.2) is 24.3 Å². The summed E-state index contributed by atoms with van der Waals surface area (Å²) >= 11 is 0. The highest BCUT2D eigenvalue weighted by atomic mass is 16.8. The molecule has 0 spiro atoms. The molecule has 0 aromatic carbocycles.